The molecular formula is C17H12Cl4NO3S. The molecule has 0 saturated heterocycles. The molecule has 0 spiro atoms. The van der Waals surface area contributed by atoms with Crippen molar-refractivity contribution in [1.29, 1.82) is 0 Å². The summed E-state index contributed by atoms with van der Waals surface area (Å²) in [4.78, 5) is 3.00. The SMILES string of the molecule is COc1ccc(S(=O)(=O)c2c[nH]c3ccc(Cl)cc23)c([CH]C(Cl)(Cl)Cl)c1. The first-order valence-corrected chi connectivity index (χ1v) is 10.2. The first-order chi connectivity index (χ1) is 12.1. The number of fused-ring (bicyclic) bond motifs is 1. The van der Waals surface area contributed by atoms with Gasteiger partial charge in [-0.25, -0.2) is 8.42 Å². The Labute approximate surface area is 170 Å². The van der Waals surface area contributed by atoms with Crippen LogP contribution in [-0.4, -0.2) is 24.3 Å². The zero-order chi connectivity index (χ0) is 19.1. The number of aromatic nitrogens is 1. The van der Waals surface area contributed by atoms with E-state index in [0.29, 0.717) is 21.7 Å². The van der Waals surface area contributed by atoms with Crippen LogP contribution >= 0.6 is 46.4 Å². The molecule has 0 aliphatic heterocycles. The van der Waals surface area contributed by atoms with E-state index in [1.807, 2.05) is 0 Å². The van der Waals surface area contributed by atoms with Crippen LogP contribution < -0.4 is 4.74 Å². The minimum atomic E-state index is -3.92. The Kier molecular flexibility index (Phi) is 5.39. The number of methoxy groups -OCH3 is 1. The first-order valence-electron chi connectivity index (χ1n) is 7.24. The largest absolute Gasteiger partial charge is 0.497 e. The maximum Gasteiger partial charge on any atom is 0.208 e. The van der Waals surface area contributed by atoms with Crippen LogP contribution in [0.4, 0.5) is 0 Å². The van der Waals surface area contributed by atoms with Crippen LogP contribution in [-0.2, 0) is 9.84 Å². The zero-order valence-electron chi connectivity index (χ0n) is 13.3. The normalized spacial score (nSPS) is 12.5. The van der Waals surface area contributed by atoms with Gasteiger partial charge in [0.2, 0.25) is 9.84 Å². The molecule has 9 heteroatoms. The predicted octanol–water partition coefficient (Wildman–Crippen LogP) is 5.59. The Morgan fingerprint density at radius 1 is 1.08 bits per heavy atom. The molecular weight excluding hydrogens is 440 g/mol. The second kappa shape index (κ2) is 7.13. The van der Waals surface area contributed by atoms with Gasteiger partial charge in [-0.05, 0) is 42.0 Å². The maximum absolute atomic E-state index is 13.3. The summed E-state index contributed by atoms with van der Waals surface area (Å²) in [5, 5.41) is 0.907. The van der Waals surface area contributed by atoms with Crippen LogP contribution in [0.3, 0.4) is 0 Å². The summed E-state index contributed by atoms with van der Waals surface area (Å²) < 4.78 is 29.9. The topological polar surface area (TPSA) is 59.2 Å². The number of hydrogen-bond acceptors (Lipinski definition) is 3. The summed E-state index contributed by atoms with van der Waals surface area (Å²) in [6.07, 6.45) is 2.65. The number of ether oxygens (including phenoxy) is 1. The lowest BCUT2D eigenvalue weighted by Gasteiger charge is -2.15. The Morgan fingerprint density at radius 2 is 1.81 bits per heavy atom. The standard InChI is InChI=1S/C17H12Cl4NO3S/c1-25-12-3-5-15(10(6-12)8-17(19,20)21)26(23,24)16-9-22-14-4-2-11(18)7-13(14)16/h2-9,22H,1H3. The first kappa shape index (κ1) is 19.6. The van der Waals surface area contributed by atoms with Gasteiger partial charge in [0.1, 0.15) is 5.75 Å². The molecule has 0 aliphatic rings. The van der Waals surface area contributed by atoms with Crippen molar-refractivity contribution in [1.82, 2.24) is 4.98 Å². The van der Waals surface area contributed by atoms with Gasteiger partial charge < -0.3 is 9.72 Å². The molecule has 3 aromatic rings. The summed E-state index contributed by atoms with van der Waals surface area (Å²) in [6.45, 7) is 0. The minimum Gasteiger partial charge on any atom is -0.497 e. The number of benzene rings is 2. The third kappa shape index (κ3) is 3.92. The van der Waals surface area contributed by atoms with Crippen LogP contribution in [0.15, 0.2) is 52.4 Å². The lowest BCUT2D eigenvalue weighted by molar-refractivity contribution is 0.414. The van der Waals surface area contributed by atoms with Gasteiger partial charge in [0.15, 0.2) is 3.79 Å². The van der Waals surface area contributed by atoms with E-state index in [-0.39, 0.29) is 15.4 Å². The van der Waals surface area contributed by atoms with Gasteiger partial charge in [-0.15, -0.1) is 0 Å². The molecule has 1 radical (unpaired) electrons. The van der Waals surface area contributed by atoms with Crippen molar-refractivity contribution in [3.8, 4) is 5.75 Å². The fourth-order valence-electron chi connectivity index (χ4n) is 2.60. The van der Waals surface area contributed by atoms with Crippen LogP contribution in [0.25, 0.3) is 10.9 Å². The van der Waals surface area contributed by atoms with Crippen LogP contribution in [0.5, 0.6) is 5.75 Å². The quantitative estimate of drug-likeness (QED) is 0.526. The van der Waals surface area contributed by atoms with Crippen molar-refractivity contribution >= 4 is 67.1 Å². The monoisotopic (exact) mass is 450 g/mol. The number of rotatable bonds is 4. The van der Waals surface area contributed by atoms with E-state index in [2.05, 4.69) is 4.98 Å². The molecule has 0 fully saturated rings. The molecule has 137 valence electrons. The molecule has 0 unspecified atom stereocenters. The molecule has 1 aromatic heterocycles. The molecule has 0 bridgehead atoms. The van der Waals surface area contributed by atoms with Gasteiger partial charge in [-0.1, -0.05) is 46.4 Å². The van der Waals surface area contributed by atoms with Crippen LogP contribution in [0.1, 0.15) is 5.56 Å². The highest BCUT2D eigenvalue weighted by molar-refractivity contribution is 7.91. The van der Waals surface area contributed by atoms with Crippen molar-refractivity contribution in [2.75, 3.05) is 7.11 Å². The van der Waals surface area contributed by atoms with E-state index in [1.165, 1.54) is 37.9 Å². The summed E-state index contributed by atoms with van der Waals surface area (Å²) in [5.74, 6) is 0.437. The smallest absolute Gasteiger partial charge is 0.208 e. The number of halogens is 4. The molecule has 2 aromatic carbocycles. The lowest BCUT2D eigenvalue weighted by Crippen LogP contribution is -2.10. The Hall–Kier alpha value is -1.11. The molecule has 3 rings (SSSR count). The van der Waals surface area contributed by atoms with Gasteiger partial charge in [-0.2, -0.15) is 0 Å². The fraction of sp³-hybridized carbons (Fsp3) is 0.118. The predicted molar refractivity (Wildman–Crippen MR) is 105 cm³/mol. The van der Waals surface area contributed by atoms with Gasteiger partial charge in [-0.3, -0.25) is 0 Å². The lowest BCUT2D eigenvalue weighted by atomic mass is 10.1. The highest BCUT2D eigenvalue weighted by atomic mass is 35.6. The van der Waals surface area contributed by atoms with Gasteiger partial charge in [0.25, 0.3) is 0 Å². The van der Waals surface area contributed by atoms with Crippen molar-refractivity contribution in [3.05, 3.63) is 59.6 Å². The molecule has 0 amide bonds. The molecule has 1 N–H and O–H groups in total. The number of H-pyrrole nitrogens is 1. The van der Waals surface area contributed by atoms with E-state index in [4.69, 9.17) is 51.1 Å². The molecule has 26 heavy (non-hydrogen) atoms. The highest BCUT2D eigenvalue weighted by Crippen LogP contribution is 2.38. The third-order valence-electron chi connectivity index (χ3n) is 3.72. The molecule has 4 nitrogen and oxygen atoms in total. The number of aromatic amines is 1. The summed E-state index contributed by atoms with van der Waals surface area (Å²) >= 11 is 23.5. The average Bonchev–Trinajstić information content (AvgIpc) is 2.96. The molecule has 0 saturated carbocycles. The van der Waals surface area contributed by atoms with E-state index in [1.54, 1.807) is 18.2 Å². The van der Waals surface area contributed by atoms with Crippen molar-refractivity contribution < 1.29 is 13.2 Å². The van der Waals surface area contributed by atoms with Gasteiger partial charge in [0.05, 0.1) is 16.9 Å². The van der Waals surface area contributed by atoms with Crippen molar-refractivity contribution in [2.24, 2.45) is 0 Å². The minimum absolute atomic E-state index is 0.00880. The second-order valence-electron chi connectivity index (χ2n) is 5.44. The number of nitrogens with one attached hydrogen (secondary N) is 1. The second-order valence-corrected chi connectivity index (χ2v) is 10.1. The fourth-order valence-corrected chi connectivity index (χ4v) is 4.70. The Balaban J connectivity index is 2.21. The summed E-state index contributed by atoms with van der Waals surface area (Å²) in [7, 11) is -2.46. The average molecular weight is 452 g/mol. The van der Waals surface area contributed by atoms with E-state index in [0.717, 1.165) is 0 Å². The van der Waals surface area contributed by atoms with Crippen molar-refractivity contribution in [2.45, 2.75) is 13.6 Å². The summed E-state index contributed by atoms with van der Waals surface area (Å²) in [6, 6.07) is 9.41. The van der Waals surface area contributed by atoms with Crippen LogP contribution in [0.2, 0.25) is 5.02 Å². The highest BCUT2D eigenvalue weighted by Gasteiger charge is 2.29. The van der Waals surface area contributed by atoms with E-state index < -0.39 is 13.6 Å². The van der Waals surface area contributed by atoms with Gasteiger partial charge in [0, 0.05) is 28.5 Å². The van der Waals surface area contributed by atoms with E-state index >= 15 is 0 Å². The third-order valence-corrected chi connectivity index (χ3v) is 6.15. The number of sulfone groups is 1. The Morgan fingerprint density at radius 3 is 2.46 bits per heavy atom. The maximum atomic E-state index is 13.3. The summed E-state index contributed by atoms with van der Waals surface area (Å²) in [5.41, 5.74) is 0.870. The van der Waals surface area contributed by atoms with Gasteiger partial charge >= 0.3 is 0 Å². The number of alkyl halides is 3. The van der Waals surface area contributed by atoms with Crippen molar-refractivity contribution in [3.63, 3.8) is 0 Å². The molecule has 1 heterocycles. The molecule has 0 atom stereocenters. The molecule has 0 aliphatic carbocycles. The number of hydrogen-bond donors (Lipinski definition) is 1. The Bertz CT molecular complexity index is 1070. The zero-order valence-corrected chi connectivity index (χ0v) is 17.1. The van der Waals surface area contributed by atoms with Crippen LogP contribution in [0, 0.1) is 6.42 Å². The van der Waals surface area contributed by atoms with E-state index in [9.17, 15) is 8.42 Å².